The summed E-state index contributed by atoms with van der Waals surface area (Å²) < 4.78 is 2.16. The Bertz CT molecular complexity index is 954. The number of fused-ring (bicyclic) bond motifs is 1. The first-order valence-corrected chi connectivity index (χ1v) is 8.90. The molecule has 4 heteroatoms. The maximum Gasteiger partial charge on any atom is 0.335 e. The van der Waals surface area contributed by atoms with Gasteiger partial charge in [-0.3, -0.25) is 4.79 Å². The van der Waals surface area contributed by atoms with E-state index in [1.165, 1.54) is 0 Å². The fraction of sp³-hybridized carbons (Fsp3) is 0.273. The van der Waals surface area contributed by atoms with Gasteiger partial charge in [-0.25, -0.2) is 4.79 Å². The van der Waals surface area contributed by atoms with Gasteiger partial charge in [-0.05, 0) is 30.0 Å². The largest absolute Gasteiger partial charge is 0.478 e. The van der Waals surface area contributed by atoms with E-state index in [0.29, 0.717) is 5.56 Å². The first-order chi connectivity index (χ1) is 12.5. The summed E-state index contributed by atoms with van der Waals surface area (Å²) in [5.74, 6) is -0.834. The van der Waals surface area contributed by atoms with Gasteiger partial charge < -0.3 is 9.67 Å². The predicted octanol–water partition coefficient (Wildman–Crippen LogP) is 5.27. The minimum Gasteiger partial charge on any atom is -0.478 e. The lowest BCUT2D eigenvalue weighted by Gasteiger charge is -2.24. The summed E-state index contributed by atoms with van der Waals surface area (Å²) in [5.41, 5.74) is 3.78. The highest BCUT2D eigenvalue weighted by atomic mass is 16.4. The lowest BCUT2D eigenvalue weighted by molar-refractivity contribution is 0.0697. The molecule has 0 fully saturated rings. The van der Waals surface area contributed by atoms with Crippen LogP contribution in [-0.4, -0.2) is 21.9 Å². The molecule has 0 amide bonds. The molecule has 0 radical (unpaired) electrons. The van der Waals surface area contributed by atoms with Crippen LogP contribution in [0.1, 0.15) is 71.1 Å². The first-order valence-electron chi connectivity index (χ1n) is 8.90. The summed E-state index contributed by atoms with van der Waals surface area (Å²) in [6, 6.07) is 15.2. The summed E-state index contributed by atoms with van der Waals surface area (Å²) >= 11 is 0. The molecule has 4 nitrogen and oxygen atoms in total. The zero-order valence-corrected chi connectivity index (χ0v) is 15.3. The van der Waals surface area contributed by atoms with E-state index in [9.17, 15) is 14.7 Å². The first kappa shape index (κ1) is 17.9. The van der Waals surface area contributed by atoms with Gasteiger partial charge in [-0.1, -0.05) is 57.2 Å². The summed E-state index contributed by atoms with van der Waals surface area (Å²) in [4.78, 5) is 23.4. The van der Waals surface area contributed by atoms with Crippen LogP contribution in [0.15, 0.2) is 48.5 Å². The van der Waals surface area contributed by atoms with E-state index in [0.717, 1.165) is 34.9 Å². The molecule has 2 aromatic carbocycles. The number of aromatic nitrogens is 1. The molecule has 0 aliphatic heterocycles. The molecular weight excluding hydrogens is 326 g/mol. The zero-order valence-electron chi connectivity index (χ0n) is 15.3. The van der Waals surface area contributed by atoms with Crippen molar-refractivity contribution in [2.24, 2.45) is 0 Å². The average Bonchev–Trinajstić information content (AvgIpc) is 2.97. The third kappa shape index (κ3) is 2.92. The van der Waals surface area contributed by atoms with Crippen LogP contribution in [0.4, 0.5) is 0 Å². The van der Waals surface area contributed by atoms with E-state index in [1.807, 2.05) is 18.2 Å². The van der Waals surface area contributed by atoms with Crippen molar-refractivity contribution in [2.45, 2.75) is 39.2 Å². The SMILES string of the molecule is CCC(c1ccccc1)n1c(C(C)C)c(C=O)c2ccc(C(=O)O)cc21. The molecule has 1 atom stereocenters. The van der Waals surface area contributed by atoms with Crippen LogP contribution in [0.5, 0.6) is 0 Å². The summed E-state index contributed by atoms with van der Waals surface area (Å²) in [6.45, 7) is 6.23. The molecule has 0 aliphatic carbocycles. The molecule has 3 aromatic rings. The third-order valence-electron chi connectivity index (χ3n) is 4.88. The highest BCUT2D eigenvalue weighted by molar-refractivity contribution is 6.02. The Balaban J connectivity index is 2.40. The van der Waals surface area contributed by atoms with Crippen LogP contribution in [0, 0.1) is 0 Å². The van der Waals surface area contributed by atoms with E-state index in [4.69, 9.17) is 0 Å². The molecule has 26 heavy (non-hydrogen) atoms. The van der Waals surface area contributed by atoms with Crippen LogP contribution in [0.3, 0.4) is 0 Å². The highest BCUT2D eigenvalue weighted by Crippen LogP contribution is 2.37. The maximum absolute atomic E-state index is 11.9. The predicted molar refractivity (Wildman–Crippen MR) is 103 cm³/mol. The second-order valence-corrected chi connectivity index (χ2v) is 6.81. The Labute approximate surface area is 153 Å². The van der Waals surface area contributed by atoms with Crippen molar-refractivity contribution in [3.05, 3.63) is 70.9 Å². The van der Waals surface area contributed by atoms with Gasteiger partial charge in [0.15, 0.2) is 6.29 Å². The number of hydrogen-bond acceptors (Lipinski definition) is 2. The van der Waals surface area contributed by atoms with Gasteiger partial charge >= 0.3 is 5.97 Å². The monoisotopic (exact) mass is 349 g/mol. The molecule has 0 spiro atoms. The Morgan fingerprint density at radius 3 is 2.38 bits per heavy atom. The van der Waals surface area contributed by atoms with Gasteiger partial charge in [0.2, 0.25) is 0 Å². The smallest absolute Gasteiger partial charge is 0.335 e. The Morgan fingerprint density at radius 1 is 1.15 bits per heavy atom. The molecular formula is C22H23NO3. The molecule has 134 valence electrons. The molecule has 0 aliphatic rings. The van der Waals surface area contributed by atoms with Gasteiger partial charge in [-0.15, -0.1) is 0 Å². The van der Waals surface area contributed by atoms with E-state index < -0.39 is 5.97 Å². The van der Waals surface area contributed by atoms with Crippen LogP contribution in [-0.2, 0) is 0 Å². The van der Waals surface area contributed by atoms with Crippen LogP contribution < -0.4 is 0 Å². The van der Waals surface area contributed by atoms with Gasteiger partial charge in [-0.2, -0.15) is 0 Å². The zero-order chi connectivity index (χ0) is 18.8. The van der Waals surface area contributed by atoms with E-state index >= 15 is 0 Å². The quantitative estimate of drug-likeness (QED) is 0.616. The summed E-state index contributed by atoms with van der Waals surface area (Å²) in [5, 5.41) is 10.2. The molecule has 1 aromatic heterocycles. The lowest BCUT2D eigenvalue weighted by Crippen LogP contribution is -2.14. The number of carbonyl (C=O) groups is 2. The van der Waals surface area contributed by atoms with Gasteiger partial charge in [0.25, 0.3) is 0 Å². The number of hydrogen-bond donors (Lipinski definition) is 1. The van der Waals surface area contributed by atoms with Crippen molar-refractivity contribution >= 4 is 23.2 Å². The van der Waals surface area contributed by atoms with E-state index in [1.54, 1.807) is 18.2 Å². The van der Waals surface area contributed by atoms with Crippen molar-refractivity contribution in [2.75, 3.05) is 0 Å². The number of nitrogens with zero attached hydrogens (tertiary/aromatic N) is 1. The van der Waals surface area contributed by atoms with E-state index in [-0.39, 0.29) is 17.5 Å². The van der Waals surface area contributed by atoms with Gasteiger partial charge in [0.05, 0.1) is 17.1 Å². The molecule has 1 N–H and O–H groups in total. The minimum atomic E-state index is -0.967. The second-order valence-electron chi connectivity index (χ2n) is 6.81. The highest BCUT2D eigenvalue weighted by Gasteiger charge is 2.25. The van der Waals surface area contributed by atoms with Crippen molar-refractivity contribution in [3.8, 4) is 0 Å². The summed E-state index contributed by atoms with van der Waals surface area (Å²) in [6.07, 6.45) is 1.73. The fourth-order valence-electron chi connectivity index (χ4n) is 3.78. The third-order valence-corrected chi connectivity index (χ3v) is 4.88. The van der Waals surface area contributed by atoms with Crippen molar-refractivity contribution < 1.29 is 14.7 Å². The normalized spacial score (nSPS) is 12.5. The Morgan fingerprint density at radius 2 is 1.85 bits per heavy atom. The molecule has 1 unspecified atom stereocenters. The summed E-state index contributed by atoms with van der Waals surface area (Å²) in [7, 11) is 0. The van der Waals surface area contributed by atoms with Gasteiger partial charge in [0.1, 0.15) is 0 Å². The number of aldehydes is 1. The average molecular weight is 349 g/mol. The number of rotatable bonds is 6. The van der Waals surface area contributed by atoms with Crippen LogP contribution in [0.25, 0.3) is 10.9 Å². The van der Waals surface area contributed by atoms with Crippen LogP contribution in [0.2, 0.25) is 0 Å². The van der Waals surface area contributed by atoms with Crippen LogP contribution >= 0.6 is 0 Å². The van der Waals surface area contributed by atoms with Crippen molar-refractivity contribution in [1.82, 2.24) is 4.57 Å². The topological polar surface area (TPSA) is 59.3 Å². The standard InChI is InChI=1S/C22H23NO3/c1-4-19(15-8-6-5-7-9-15)23-20-12-16(22(25)26)10-11-17(20)18(13-24)21(23)14(2)3/h5-14,19H,4H2,1-3H3,(H,25,26). The van der Waals surface area contributed by atoms with Crippen molar-refractivity contribution in [3.63, 3.8) is 0 Å². The number of aromatic carboxylic acids is 1. The molecule has 0 saturated heterocycles. The fourth-order valence-corrected chi connectivity index (χ4v) is 3.78. The van der Waals surface area contributed by atoms with Crippen molar-refractivity contribution in [1.29, 1.82) is 0 Å². The number of benzene rings is 2. The molecule has 0 saturated carbocycles. The Kier molecular flexibility index (Phi) is 4.94. The lowest BCUT2D eigenvalue weighted by atomic mass is 10.0. The van der Waals surface area contributed by atoms with Gasteiger partial charge in [0, 0.05) is 16.6 Å². The molecule has 3 rings (SSSR count). The number of carboxylic acid groups (broad SMARTS) is 1. The molecule has 0 bridgehead atoms. The molecule has 1 heterocycles. The minimum absolute atomic E-state index is 0.0360. The second kappa shape index (κ2) is 7.16. The Hall–Kier alpha value is -2.88. The van der Waals surface area contributed by atoms with E-state index in [2.05, 4.69) is 37.5 Å². The maximum atomic E-state index is 11.9. The number of carbonyl (C=O) groups excluding carboxylic acids is 1. The number of carboxylic acids is 1.